The Bertz CT molecular complexity index is 670. The standard InChI is InChI=1S/C15H12BrN3/c1-10-2-3-14(16)12(8-10)15(18)13(9-17)11-4-6-19-7-5-11/h2-8H,18H2,1H3/b15-13+. The van der Waals surface area contributed by atoms with Crippen LogP contribution >= 0.6 is 15.9 Å². The second-order valence-corrected chi connectivity index (χ2v) is 4.97. The van der Waals surface area contributed by atoms with Gasteiger partial charge in [-0.2, -0.15) is 5.26 Å². The second kappa shape index (κ2) is 5.68. The zero-order valence-electron chi connectivity index (χ0n) is 10.4. The van der Waals surface area contributed by atoms with E-state index >= 15 is 0 Å². The zero-order chi connectivity index (χ0) is 13.8. The van der Waals surface area contributed by atoms with Crippen LogP contribution in [0.4, 0.5) is 0 Å². The minimum atomic E-state index is 0.453. The molecular weight excluding hydrogens is 302 g/mol. The highest BCUT2D eigenvalue weighted by Crippen LogP contribution is 2.28. The van der Waals surface area contributed by atoms with E-state index < -0.39 is 0 Å². The van der Waals surface area contributed by atoms with Crippen molar-refractivity contribution < 1.29 is 0 Å². The third-order valence-corrected chi connectivity index (χ3v) is 3.45. The van der Waals surface area contributed by atoms with E-state index in [9.17, 15) is 5.26 Å². The number of nitrogens with zero attached hydrogens (tertiary/aromatic N) is 2. The predicted molar refractivity (Wildman–Crippen MR) is 79.7 cm³/mol. The summed E-state index contributed by atoms with van der Waals surface area (Å²) in [5, 5.41) is 9.35. The molecule has 0 atom stereocenters. The number of benzene rings is 1. The van der Waals surface area contributed by atoms with Gasteiger partial charge in [-0.05, 0) is 36.8 Å². The Balaban J connectivity index is 2.62. The lowest BCUT2D eigenvalue weighted by atomic mass is 10.0. The Morgan fingerprint density at radius 2 is 1.95 bits per heavy atom. The molecule has 2 N–H and O–H groups in total. The highest BCUT2D eigenvalue weighted by atomic mass is 79.9. The molecule has 2 aromatic rings. The Labute approximate surface area is 120 Å². The summed E-state index contributed by atoms with van der Waals surface area (Å²) in [6, 6.07) is 11.6. The number of aromatic nitrogens is 1. The number of halogens is 1. The summed E-state index contributed by atoms with van der Waals surface area (Å²) in [4.78, 5) is 3.94. The van der Waals surface area contributed by atoms with Gasteiger partial charge in [0.2, 0.25) is 0 Å². The van der Waals surface area contributed by atoms with E-state index in [0.29, 0.717) is 11.3 Å². The van der Waals surface area contributed by atoms with Crippen molar-refractivity contribution in [1.82, 2.24) is 4.98 Å². The molecule has 1 heterocycles. The number of pyridine rings is 1. The van der Waals surface area contributed by atoms with Crippen LogP contribution in [0.15, 0.2) is 47.2 Å². The minimum Gasteiger partial charge on any atom is -0.397 e. The van der Waals surface area contributed by atoms with E-state index in [-0.39, 0.29) is 0 Å². The summed E-state index contributed by atoms with van der Waals surface area (Å²) in [6.07, 6.45) is 3.29. The molecule has 0 bridgehead atoms. The van der Waals surface area contributed by atoms with Crippen molar-refractivity contribution in [2.75, 3.05) is 0 Å². The maximum Gasteiger partial charge on any atom is 0.102 e. The topological polar surface area (TPSA) is 62.7 Å². The van der Waals surface area contributed by atoms with E-state index in [1.165, 1.54) is 0 Å². The summed E-state index contributed by atoms with van der Waals surface area (Å²) in [5.41, 5.74) is 9.76. The van der Waals surface area contributed by atoms with Gasteiger partial charge >= 0.3 is 0 Å². The number of nitrogens with two attached hydrogens (primary N) is 1. The van der Waals surface area contributed by atoms with Gasteiger partial charge in [0.15, 0.2) is 0 Å². The quantitative estimate of drug-likeness (QED) is 0.863. The summed E-state index contributed by atoms with van der Waals surface area (Å²) < 4.78 is 0.873. The van der Waals surface area contributed by atoms with Crippen LogP contribution in [0.5, 0.6) is 0 Å². The Kier molecular flexibility index (Phi) is 3.98. The Morgan fingerprint density at radius 1 is 1.26 bits per heavy atom. The highest BCUT2D eigenvalue weighted by Gasteiger charge is 2.11. The van der Waals surface area contributed by atoms with Crippen molar-refractivity contribution in [2.45, 2.75) is 6.92 Å². The number of hydrogen-bond acceptors (Lipinski definition) is 3. The number of allylic oxidation sites excluding steroid dienone is 1. The first-order valence-electron chi connectivity index (χ1n) is 5.70. The fraction of sp³-hybridized carbons (Fsp3) is 0.0667. The van der Waals surface area contributed by atoms with Crippen LogP contribution in [-0.4, -0.2) is 4.98 Å². The van der Waals surface area contributed by atoms with Gasteiger partial charge in [0.25, 0.3) is 0 Å². The van der Waals surface area contributed by atoms with Crippen LogP contribution in [0, 0.1) is 18.3 Å². The first kappa shape index (κ1) is 13.3. The second-order valence-electron chi connectivity index (χ2n) is 4.12. The molecule has 0 saturated heterocycles. The van der Waals surface area contributed by atoms with Crippen LogP contribution in [0.25, 0.3) is 11.3 Å². The molecule has 2 rings (SSSR count). The van der Waals surface area contributed by atoms with Gasteiger partial charge in [-0.25, -0.2) is 0 Å². The third kappa shape index (κ3) is 2.83. The van der Waals surface area contributed by atoms with Crippen molar-refractivity contribution in [1.29, 1.82) is 5.26 Å². The van der Waals surface area contributed by atoms with Gasteiger partial charge < -0.3 is 5.73 Å². The lowest BCUT2D eigenvalue weighted by Gasteiger charge is -2.09. The number of hydrogen-bond donors (Lipinski definition) is 1. The van der Waals surface area contributed by atoms with Gasteiger partial charge in [-0.3, -0.25) is 4.98 Å². The van der Waals surface area contributed by atoms with Gasteiger partial charge in [-0.15, -0.1) is 0 Å². The highest BCUT2D eigenvalue weighted by molar-refractivity contribution is 9.10. The summed E-state index contributed by atoms with van der Waals surface area (Å²) in [7, 11) is 0. The molecule has 0 aliphatic rings. The van der Waals surface area contributed by atoms with Crippen LogP contribution in [0.1, 0.15) is 16.7 Å². The van der Waals surface area contributed by atoms with Crippen LogP contribution < -0.4 is 5.73 Å². The van der Waals surface area contributed by atoms with Gasteiger partial charge in [0.05, 0.1) is 11.3 Å². The van der Waals surface area contributed by atoms with Crippen LogP contribution in [0.3, 0.4) is 0 Å². The lowest BCUT2D eigenvalue weighted by Crippen LogP contribution is -2.02. The van der Waals surface area contributed by atoms with Crippen LogP contribution in [-0.2, 0) is 0 Å². The predicted octanol–water partition coefficient (Wildman–Crippen LogP) is 3.50. The molecule has 1 aromatic carbocycles. The van der Waals surface area contributed by atoms with Crippen molar-refractivity contribution in [3.63, 3.8) is 0 Å². The molecule has 19 heavy (non-hydrogen) atoms. The van der Waals surface area contributed by atoms with E-state index in [4.69, 9.17) is 5.73 Å². The molecule has 4 heteroatoms. The largest absolute Gasteiger partial charge is 0.397 e. The minimum absolute atomic E-state index is 0.453. The molecular formula is C15H12BrN3. The molecule has 0 fully saturated rings. The molecule has 0 aliphatic carbocycles. The SMILES string of the molecule is Cc1ccc(Br)c(/C(N)=C(/C#N)c2ccncc2)c1. The molecule has 0 unspecified atom stereocenters. The molecule has 0 spiro atoms. The molecule has 3 nitrogen and oxygen atoms in total. The van der Waals surface area contributed by atoms with Crippen molar-refractivity contribution >= 4 is 27.2 Å². The van der Waals surface area contributed by atoms with E-state index in [2.05, 4.69) is 27.0 Å². The van der Waals surface area contributed by atoms with Crippen LogP contribution in [0.2, 0.25) is 0 Å². The summed E-state index contributed by atoms with van der Waals surface area (Å²) in [5.74, 6) is 0. The van der Waals surface area contributed by atoms with Crippen molar-refractivity contribution in [2.24, 2.45) is 5.73 Å². The molecule has 0 saturated carbocycles. The molecule has 1 aromatic heterocycles. The fourth-order valence-corrected chi connectivity index (χ4v) is 2.24. The van der Waals surface area contributed by atoms with Gasteiger partial charge in [0.1, 0.15) is 6.07 Å². The smallest absolute Gasteiger partial charge is 0.102 e. The molecule has 0 radical (unpaired) electrons. The normalized spacial score (nSPS) is 11.6. The van der Waals surface area contributed by atoms with Crippen molar-refractivity contribution in [3.05, 3.63) is 63.9 Å². The first-order valence-corrected chi connectivity index (χ1v) is 6.49. The Morgan fingerprint density at radius 3 is 2.58 bits per heavy atom. The van der Waals surface area contributed by atoms with E-state index in [0.717, 1.165) is 21.2 Å². The van der Waals surface area contributed by atoms with Crippen molar-refractivity contribution in [3.8, 4) is 6.07 Å². The van der Waals surface area contributed by atoms with E-state index in [1.807, 2.05) is 25.1 Å². The van der Waals surface area contributed by atoms with Gasteiger partial charge in [0, 0.05) is 22.4 Å². The lowest BCUT2D eigenvalue weighted by molar-refractivity contribution is 1.31. The van der Waals surface area contributed by atoms with Gasteiger partial charge in [-0.1, -0.05) is 27.6 Å². The fourth-order valence-electron chi connectivity index (χ4n) is 1.78. The average molecular weight is 314 g/mol. The number of aryl methyl sites for hydroxylation is 1. The first-order chi connectivity index (χ1) is 9.13. The number of nitriles is 1. The Hall–Kier alpha value is -2.12. The zero-order valence-corrected chi connectivity index (χ0v) is 12.0. The average Bonchev–Trinajstić information content (AvgIpc) is 2.43. The molecule has 0 aliphatic heterocycles. The monoisotopic (exact) mass is 313 g/mol. The summed E-state index contributed by atoms with van der Waals surface area (Å²) in [6.45, 7) is 1.99. The third-order valence-electron chi connectivity index (χ3n) is 2.76. The summed E-state index contributed by atoms with van der Waals surface area (Å²) >= 11 is 3.47. The molecule has 94 valence electrons. The maximum atomic E-state index is 9.35. The van der Waals surface area contributed by atoms with E-state index in [1.54, 1.807) is 24.5 Å². The molecule has 0 amide bonds. The number of rotatable bonds is 2. The maximum absolute atomic E-state index is 9.35.